The van der Waals surface area contributed by atoms with Crippen molar-refractivity contribution in [1.82, 2.24) is 0 Å². The minimum atomic E-state index is 0.890. The lowest BCUT2D eigenvalue weighted by molar-refractivity contribution is 0.333. The van der Waals surface area contributed by atoms with Crippen LogP contribution in [0, 0.1) is 5.92 Å². The lowest BCUT2D eigenvalue weighted by Crippen LogP contribution is -2.20. The Hall–Kier alpha value is -1.18. The fraction of sp³-hybridized carbons (Fsp3) is 0.500. The van der Waals surface area contributed by atoms with Crippen LogP contribution in [0.2, 0.25) is 0 Å². The molecule has 0 radical (unpaired) electrons. The summed E-state index contributed by atoms with van der Waals surface area (Å²) in [6, 6.07) is 8.11. The highest BCUT2D eigenvalue weighted by Gasteiger charge is 2.16. The van der Waals surface area contributed by atoms with Crippen LogP contribution in [-0.2, 0) is 0 Å². The summed E-state index contributed by atoms with van der Waals surface area (Å²) < 4.78 is 5.16. The molecule has 76 valence electrons. The van der Waals surface area contributed by atoms with Crippen molar-refractivity contribution < 1.29 is 4.74 Å². The van der Waals surface area contributed by atoms with Crippen LogP contribution < -0.4 is 10.1 Å². The van der Waals surface area contributed by atoms with Gasteiger partial charge < -0.3 is 10.1 Å². The number of ether oxygens (including phenoxy) is 1. The van der Waals surface area contributed by atoms with E-state index in [1.165, 1.54) is 19.3 Å². The molecular formula is C12H17NO. The number of hydrogen-bond donors (Lipinski definition) is 1. The Labute approximate surface area is 85.3 Å². The van der Waals surface area contributed by atoms with Gasteiger partial charge in [0, 0.05) is 18.3 Å². The molecule has 1 N–H and O–H groups in total. The van der Waals surface area contributed by atoms with Gasteiger partial charge in [-0.15, -0.1) is 0 Å². The van der Waals surface area contributed by atoms with Crippen molar-refractivity contribution in [3.63, 3.8) is 0 Å². The number of anilines is 1. The zero-order chi connectivity index (χ0) is 9.80. The van der Waals surface area contributed by atoms with Gasteiger partial charge in [0.1, 0.15) is 5.75 Å². The average molecular weight is 191 g/mol. The molecule has 1 aromatic carbocycles. The summed E-state index contributed by atoms with van der Waals surface area (Å²) in [5.74, 6) is 1.81. The predicted octanol–water partition coefficient (Wildman–Crippen LogP) is 2.91. The van der Waals surface area contributed by atoms with Crippen LogP contribution in [-0.4, -0.2) is 13.7 Å². The summed E-state index contributed by atoms with van der Waals surface area (Å²) in [7, 11) is 1.70. The Morgan fingerprint density at radius 2 is 2.29 bits per heavy atom. The van der Waals surface area contributed by atoms with Crippen LogP contribution in [0.15, 0.2) is 24.3 Å². The molecule has 1 aromatic rings. The first kappa shape index (κ1) is 9.38. The standard InChI is InChI=1S/C12H17NO/c1-14-12-7-3-6-11(8-12)13-9-10-4-2-5-10/h3,6-8,10,13H,2,4-5,9H2,1H3. The molecule has 2 heteroatoms. The van der Waals surface area contributed by atoms with Gasteiger partial charge in [-0.1, -0.05) is 12.5 Å². The second-order valence-electron chi connectivity index (χ2n) is 3.91. The van der Waals surface area contributed by atoms with Gasteiger partial charge in [-0.25, -0.2) is 0 Å². The fourth-order valence-electron chi connectivity index (χ4n) is 1.69. The van der Waals surface area contributed by atoms with Crippen LogP contribution >= 0.6 is 0 Å². The third kappa shape index (κ3) is 2.19. The summed E-state index contributed by atoms with van der Waals surface area (Å²) in [5.41, 5.74) is 1.16. The molecule has 2 rings (SSSR count). The highest BCUT2D eigenvalue weighted by atomic mass is 16.5. The van der Waals surface area contributed by atoms with Crippen LogP contribution in [0.3, 0.4) is 0 Å². The normalized spacial score (nSPS) is 16.1. The molecule has 0 aliphatic heterocycles. The van der Waals surface area contributed by atoms with Crippen molar-refractivity contribution in [2.24, 2.45) is 5.92 Å². The van der Waals surface area contributed by atoms with Crippen LogP contribution in [0.25, 0.3) is 0 Å². The Morgan fingerprint density at radius 1 is 1.43 bits per heavy atom. The fourth-order valence-corrected chi connectivity index (χ4v) is 1.69. The highest BCUT2D eigenvalue weighted by Crippen LogP contribution is 2.26. The van der Waals surface area contributed by atoms with Gasteiger partial charge in [-0.3, -0.25) is 0 Å². The van der Waals surface area contributed by atoms with Crippen molar-refractivity contribution in [2.75, 3.05) is 19.0 Å². The second kappa shape index (κ2) is 4.36. The van der Waals surface area contributed by atoms with Gasteiger partial charge in [0.15, 0.2) is 0 Å². The van der Waals surface area contributed by atoms with Gasteiger partial charge in [0.25, 0.3) is 0 Å². The van der Waals surface area contributed by atoms with E-state index in [0.29, 0.717) is 0 Å². The maximum atomic E-state index is 5.16. The SMILES string of the molecule is COc1cccc(NCC2CCC2)c1. The molecule has 0 aromatic heterocycles. The van der Waals surface area contributed by atoms with E-state index in [2.05, 4.69) is 11.4 Å². The van der Waals surface area contributed by atoms with E-state index < -0.39 is 0 Å². The minimum Gasteiger partial charge on any atom is -0.497 e. The van der Waals surface area contributed by atoms with Gasteiger partial charge in [0.2, 0.25) is 0 Å². The molecule has 0 spiro atoms. The second-order valence-corrected chi connectivity index (χ2v) is 3.91. The van der Waals surface area contributed by atoms with Crippen LogP contribution in [0.4, 0.5) is 5.69 Å². The van der Waals surface area contributed by atoms with E-state index in [9.17, 15) is 0 Å². The zero-order valence-electron chi connectivity index (χ0n) is 8.62. The quantitative estimate of drug-likeness (QED) is 0.790. The smallest absolute Gasteiger partial charge is 0.120 e. The van der Waals surface area contributed by atoms with Crippen molar-refractivity contribution in [2.45, 2.75) is 19.3 Å². The molecule has 1 fully saturated rings. The molecule has 0 heterocycles. The van der Waals surface area contributed by atoms with Crippen molar-refractivity contribution >= 4 is 5.69 Å². The van der Waals surface area contributed by atoms with Crippen molar-refractivity contribution in [1.29, 1.82) is 0 Å². The maximum absolute atomic E-state index is 5.16. The summed E-state index contributed by atoms with van der Waals surface area (Å²) in [5, 5.41) is 3.44. The molecule has 1 aliphatic carbocycles. The van der Waals surface area contributed by atoms with Gasteiger partial charge in [0.05, 0.1) is 7.11 Å². The molecule has 0 atom stereocenters. The lowest BCUT2D eigenvalue weighted by Gasteiger charge is -2.25. The minimum absolute atomic E-state index is 0.890. The van der Waals surface area contributed by atoms with Crippen molar-refractivity contribution in [3.8, 4) is 5.75 Å². The monoisotopic (exact) mass is 191 g/mol. The molecule has 0 saturated heterocycles. The molecular weight excluding hydrogens is 174 g/mol. The van der Waals surface area contributed by atoms with E-state index in [-0.39, 0.29) is 0 Å². The number of nitrogens with one attached hydrogen (secondary N) is 1. The molecule has 1 aliphatic rings. The number of methoxy groups -OCH3 is 1. The first-order valence-corrected chi connectivity index (χ1v) is 5.26. The Bertz CT molecular complexity index is 294. The lowest BCUT2D eigenvalue weighted by atomic mass is 9.85. The number of benzene rings is 1. The largest absolute Gasteiger partial charge is 0.497 e. The third-order valence-corrected chi connectivity index (χ3v) is 2.89. The van der Waals surface area contributed by atoms with E-state index >= 15 is 0 Å². The van der Waals surface area contributed by atoms with Crippen LogP contribution in [0.1, 0.15) is 19.3 Å². The van der Waals surface area contributed by atoms with Gasteiger partial charge in [-0.2, -0.15) is 0 Å². The maximum Gasteiger partial charge on any atom is 0.120 e. The average Bonchev–Trinajstić information content (AvgIpc) is 2.16. The van der Waals surface area contributed by atoms with Crippen molar-refractivity contribution in [3.05, 3.63) is 24.3 Å². The summed E-state index contributed by atoms with van der Waals surface area (Å²) in [6.07, 6.45) is 4.18. The highest BCUT2D eigenvalue weighted by molar-refractivity contribution is 5.48. The van der Waals surface area contributed by atoms with Gasteiger partial charge in [-0.05, 0) is 30.9 Å². The molecule has 0 amide bonds. The molecule has 1 saturated carbocycles. The Morgan fingerprint density at radius 3 is 2.93 bits per heavy atom. The molecule has 2 nitrogen and oxygen atoms in total. The molecule has 14 heavy (non-hydrogen) atoms. The summed E-state index contributed by atoms with van der Waals surface area (Å²) in [4.78, 5) is 0. The summed E-state index contributed by atoms with van der Waals surface area (Å²) in [6.45, 7) is 1.10. The van der Waals surface area contributed by atoms with E-state index in [1.807, 2.05) is 18.2 Å². The first-order chi connectivity index (χ1) is 6.88. The Kier molecular flexibility index (Phi) is 2.92. The molecule has 0 bridgehead atoms. The summed E-state index contributed by atoms with van der Waals surface area (Å²) >= 11 is 0. The number of hydrogen-bond acceptors (Lipinski definition) is 2. The van der Waals surface area contributed by atoms with Crippen LogP contribution in [0.5, 0.6) is 5.75 Å². The topological polar surface area (TPSA) is 21.3 Å². The zero-order valence-corrected chi connectivity index (χ0v) is 8.62. The third-order valence-electron chi connectivity index (χ3n) is 2.89. The number of rotatable bonds is 4. The van der Waals surface area contributed by atoms with E-state index in [4.69, 9.17) is 4.74 Å². The Balaban J connectivity index is 1.87. The van der Waals surface area contributed by atoms with E-state index in [0.717, 1.165) is 23.9 Å². The molecule has 0 unspecified atom stereocenters. The first-order valence-electron chi connectivity index (χ1n) is 5.26. The van der Waals surface area contributed by atoms with E-state index in [1.54, 1.807) is 7.11 Å². The van der Waals surface area contributed by atoms with Gasteiger partial charge >= 0.3 is 0 Å². The predicted molar refractivity (Wildman–Crippen MR) is 58.8 cm³/mol.